The molecule has 2 N–H and O–H groups in total. The molecule has 168 valence electrons. The van der Waals surface area contributed by atoms with Crippen LogP contribution in [0.3, 0.4) is 0 Å². The maximum absolute atomic E-state index is 12.2. The summed E-state index contributed by atoms with van der Waals surface area (Å²) in [4.78, 5) is 23.5. The topological polar surface area (TPSA) is 83.8 Å². The molecular formula is C25H31ClO5. The number of aliphatic hydroxyl groups excluding tert-OH is 1. The maximum atomic E-state index is 12.2. The monoisotopic (exact) mass is 446 g/mol. The van der Waals surface area contributed by atoms with Crippen molar-refractivity contribution in [3.8, 4) is 5.75 Å². The number of Topliss-reactive ketones (excluding diaryl/α,β-unsaturated/α-hetero) is 1. The fourth-order valence-corrected chi connectivity index (χ4v) is 3.70. The second-order valence-corrected chi connectivity index (χ2v) is 8.50. The van der Waals surface area contributed by atoms with E-state index in [1.807, 2.05) is 26.0 Å². The van der Waals surface area contributed by atoms with E-state index < -0.39 is 12.1 Å². The van der Waals surface area contributed by atoms with Crippen molar-refractivity contribution in [2.45, 2.75) is 52.1 Å². The summed E-state index contributed by atoms with van der Waals surface area (Å²) in [6.45, 7) is 3.92. The Labute approximate surface area is 189 Å². The molecule has 0 amide bonds. The molecule has 6 heteroatoms. The van der Waals surface area contributed by atoms with Gasteiger partial charge in [-0.1, -0.05) is 55.8 Å². The first-order valence-electron chi connectivity index (χ1n) is 10.7. The number of halogens is 1. The molecule has 1 aliphatic rings. The summed E-state index contributed by atoms with van der Waals surface area (Å²) in [5.74, 6) is -0.312. The number of ether oxygens (including phenoxy) is 1. The van der Waals surface area contributed by atoms with Crippen LogP contribution in [-0.4, -0.2) is 34.7 Å². The van der Waals surface area contributed by atoms with Gasteiger partial charge in [0.2, 0.25) is 0 Å². The Bertz CT molecular complexity index is 853. The van der Waals surface area contributed by atoms with Crippen LogP contribution < -0.4 is 4.74 Å². The molecule has 2 atom stereocenters. The number of carboxylic acid groups (broad SMARTS) is 1. The van der Waals surface area contributed by atoms with Crippen LogP contribution in [0.5, 0.6) is 5.75 Å². The number of allylic oxidation sites excluding steroid dienone is 5. The molecule has 1 aliphatic carbocycles. The molecule has 0 aromatic heterocycles. The number of ketones is 1. The van der Waals surface area contributed by atoms with Gasteiger partial charge in [0, 0.05) is 17.0 Å². The Kier molecular flexibility index (Phi) is 10.0. The van der Waals surface area contributed by atoms with E-state index in [1.165, 1.54) is 0 Å². The first-order chi connectivity index (χ1) is 14.8. The summed E-state index contributed by atoms with van der Waals surface area (Å²) in [6.07, 6.45) is 9.44. The third-order valence-corrected chi connectivity index (χ3v) is 5.57. The second kappa shape index (κ2) is 12.5. The van der Waals surface area contributed by atoms with Crippen molar-refractivity contribution >= 4 is 23.4 Å². The summed E-state index contributed by atoms with van der Waals surface area (Å²) in [5, 5.41) is 20.0. The molecule has 31 heavy (non-hydrogen) atoms. The Morgan fingerprint density at radius 2 is 2.03 bits per heavy atom. The minimum Gasteiger partial charge on any atom is -0.491 e. The lowest BCUT2D eigenvalue weighted by molar-refractivity contribution is -0.143. The van der Waals surface area contributed by atoms with Crippen molar-refractivity contribution in [1.29, 1.82) is 0 Å². The zero-order valence-corrected chi connectivity index (χ0v) is 18.8. The van der Waals surface area contributed by atoms with Crippen LogP contribution in [-0.2, 0) is 9.59 Å². The molecular weight excluding hydrogens is 416 g/mol. The van der Waals surface area contributed by atoms with Gasteiger partial charge in [-0.15, -0.1) is 0 Å². The molecule has 0 saturated carbocycles. The third-order valence-electron chi connectivity index (χ3n) is 5.34. The highest BCUT2D eigenvalue weighted by molar-refractivity contribution is 6.30. The summed E-state index contributed by atoms with van der Waals surface area (Å²) in [7, 11) is 0. The lowest BCUT2D eigenvalue weighted by atomic mass is 9.91. The highest BCUT2D eigenvalue weighted by Gasteiger charge is 2.21. The molecule has 0 spiro atoms. The normalized spacial score (nSPS) is 16.6. The number of benzene rings is 1. The number of carboxylic acids is 1. The summed E-state index contributed by atoms with van der Waals surface area (Å²) >= 11 is 5.92. The predicted molar refractivity (Wildman–Crippen MR) is 122 cm³/mol. The van der Waals surface area contributed by atoms with Gasteiger partial charge in [-0.3, -0.25) is 9.59 Å². The highest BCUT2D eigenvalue weighted by Crippen LogP contribution is 2.27. The van der Waals surface area contributed by atoms with E-state index in [2.05, 4.69) is 0 Å². The van der Waals surface area contributed by atoms with Crippen LogP contribution >= 0.6 is 11.6 Å². The number of carbonyl (C=O) groups excluding carboxylic acids is 1. The van der Waals surface area contributed by atoms with Gasteiger partial charge in [-0.05, 0) is 55.4 Å². The van der Waals surface area contributed by atoms with Gasteiger partial charge in [0.15, 0.2) is 5.78 Å². The van der Waals surface area contributed by atoms with Gasteiger partial charge in [0.05, 0.1) is 5.92 Å². The van der Waals surface area contributed by atoms with Crippen molar-refractivity contribution in [2.75, 3.05) is 6.61 Å². The van der Waals surface area contributed by atoms with Crippen molar-refractivity contribution in [1.82, 2.24) is 0 Å². The number of carbonyl (C=O) groups is 2. The van der Waals surface area contributed by atoms with Crippen molar-refractivity contribution in [3.05, 3.63) is 64.7 Å². The summed E-state index contributed by atoms with van der Waals surface area (Å²) in [5.41, 5.74) is 1.69. The molecule has 1 aromatic rings. The molecule has 0 saturated heterocycles. The molecule has 1 aromatic carbocycles. The number of rotatable bonds is 12. The first kappa shape index (κ1) is 24.9. The average Bonchev–Trinajstić information content (AvgIpc) is 3.06. The molecule has 1 unspecified atom stereocenters. The first-order valence-corrected chi connectivity index (χ1v) is 11.0. The van der Waals surface area contributed by atoms with Crippen LogP contribution in [0.4, 0.5) is 0 Å². The van der Waals surface area contributed by atoms with E-state index in [1.54, 1.807) is 36.4 Å². The summed E-state index contributed by atoms with van der Waals surface area (Å²) in [6, 6.07) is 6.98. The van der Waals surface area contributed by atoms with Crippen LogP contribution in [0.2, 0.25) is 5.02 Å². The zero-order valence-electron chi connectivity index (χ0n) is 18.1. The van der Waals surface area contributed by atoms with Gasteiger partial charge in [0.25, 0.3) is 0 Å². The van der Waals surface area contributed by atoms with E-state index in [4.69, 9.17) is 16.3 Å². The number of hydrogen-bond acceptors (Lipinski definition) is 4. The van der Waals surface area contributed by atoms with E-state index in [0.717, 1.165) is 11.1 Å². The molecule has 0 fully saturated rings. The average molecular weight is 447 g/mol. The predicted octanol–water partition coefficient (Wildman–Crippen LogP) is 5.38. The third kappa shape index (κ3) is 8.35. The second-order valence-electron chi connectivity index (χ2n) is 8.06. The molecule has 0 radical (unpaired) electrons. The lowest BCUT2D eigenvalue weighted by Crippen LogP contribution is -2.19. The zero-order chi connectivity index (χ0) is 22.8. The van der Waals surface area contributed by atoms with Gasteiger partial charge in [-0.25, -0.2) is 0 Å². The fraction of sp³-hybridized carbons (Fsp3) is 0.440. The molecule has 0 aliphatic heterocycles. The van der Waals surface area contributed by atoms with Gasteiger partial charge in [0.1, 0.15) is 18.5 Å². The number of aliphatic hydroxyl groups is 1. The minimum absolute atomic E-state index is 0.0912. The highest BCUT2D eigenvalue weighted by atomic mass is 35.5. The quantitative estimate of drug-likeness (QED) is 0.421. The minimum atomic E-state index is -0.803. The van der Waals surface area contributed by atoms with E-state index in [9.17, 15) is 19.8 Å². The van der Waals surface area contributed by atoms with Gasteiger partial charge in [-0.2, -0.15) is 0 Å². The van der Waals surface area contributed by atoms with Crippen LogP contribution in [0.25, 0.3) is 0 Å². The van der Waals surface area contributed by atoms with Crippen molar-refractivity contribution in [2.24, 2.45) is 11.8 Å². The van der Waals surface area contributed by atoms with Crippen LogP contribution in [0.15, 0.2) is 59.7 Å². The Morgan fingerprint density at radius 3 is 2.71 bits per heavy atom. The van der Waals surface area contributed by atoms with Crippen molar-refractivity contribution < 1.29 is 24.5 Å². The SMILES string of the molecule is CC(C)C(CCC=CCC1=C(/C=C/[C@@H](O)COc2cccc(Cl)c2)CCC1=O)C(=O)O. The molecule has 0 bridgehead atoms. The lowest BCUT2D eigenvalue weighted by Gasteiger charge is -2.14. The Hall–Kier alpha value is -2.37. The van der Waals surface area contributed by atoms with Crippen molar-refractivity contribution in [3.63, 3.8) is 0 Å². The maximum Gasteiger partial charge on any atom is 0.306 e. The van der Waals surface area contributed by atoms with Crippen LogP contribution in [0.1, 0.15) is 46.0 Å². The molecule has 5 nitrogen and oxygen atoms in total. The van der Waals surface area contributed by atoms with E-state index in [0.29, 0.717) is 42.9 Å². The fourth-order valence-electron chi connectivity index (χ4n) is 3.52. The number of aliphatic carboxylic acids is 1. The van der Waals surface area contributed by atoms with Gasteiger partial charge >= 0.3 is 5.97 Å². The van der Waals surface area contributed by atoms with Crippen LogP contribution in [0, 0.1) is 11.8 Å². The standard InChI is InChI=1S/C25H31ClO5/c1-17(2)22(25(29)30)9-4-3-5-10-23-18(12-14-24(23)28)11-13-20(27)16-31-21-8-6-7-19(26)15-21/h3,5-8,11,13,15,17,20,22,27H,4,9-10,12,14,16H2,1-2H3,(H,29,30)/b5-3?,13-11+/t20-,22?/m1/s1. The van der Waals surface area contributed by atoms with E-state index in [-0.39, 0.29) is 24.2 Å². The Balaban J connectivity index is 1.87. The molecule has 0 heterocycles. The smallest absolute Gasteiger partial charge is 0.306 e. The summed E-state index contributed by atoms with van der Waals surface area (Å²) < 4.78 is 5.53. The van der Waals surface area contributed by atoms with E-state index >= 15 is 0 Å². The molecule has 2 rings (SSSR count). The number of hydrogen-bond donors (Lipinski definition) is 2. The largest absolute Gasteiger partial charge is 0.491 e. The Morgan fingerprint density at radius 1 is 1.26 bits per heavy atom. The van der Waals surface area contributed by atoms with Gasteiger partial charge < -0.3 is 14.9 Å².